The van der Waals surface area contributed by atoms with Crippen LogP contribution in [0, 0.1) is 0 Å². The highest BCUT2D eigenvalue weighted by atomic mass is 35.5. The van der Waals surface area contributed by atoms with Gasteiger partial charge in [-0.05, 0) is 49.1 Å². The highest BCUT2D eigenvalue weighted by molar-refractivity contribution is 7.90. The highest BCUT2D eigenvalue weighted by Crippen LogP contribution is 2.35. The number of alkyl halides is 1. The third-order valence-corrected chi connectivity index (χ3v) is 6.52. The lowest BCUT2D eigenvalue weighted by molar-refractivity contribution is 0.103. The zero-order valence-electron chi connectivity index (χ0n) is 18.7. The average molecular weight is 493 g/mol. The van der Waals surface area contributed by atoms with E-state index in [1.807, 2.05) is 13.8 Å². The molecule has 0 saturated carbocycles. The maximum atomic E-state index is 13.4. The number of hydrogen-bond donors (Lipinski definition) is 1. The monoisotopic (exact) mass is 492 g/mol. The Morgan fingerprint density at radius 3 is 2.36 bits per heavy atom. The van der Waals surface area contributed by atoms with Crippen LogP contribution in [-0.2, 0) is 16.6 Å². The molecule has 0 saturated heterocycles. The average Bonchev–Trinajstić information content (AvgIpc) is 2.80. The molecule has 0 fully saturated rings. The standard InChI is InChI=1S/C23H25ClN2O6S/c1-14(2)32-17-7-5-6-15(8-17)23(27)22-19-10-21(31-4)20(30-3)9-18(19)16(11-25-22)12-26-33(28,29)13-24/h5-11,14,26H,12-13H2,1-4H3. The van der Waals surface area contributed by atoms with Crippen molar-refractivity contribution in [3.63, 3.8) is 0 Å². The number of carbonyl (C=O) groups excluding carboxylic acids is 1. The number of sulfonamides is 1. The van der Waals surface area contributed by atoms with Gasteiger partial charge in [-0.15, -0.1) is 11.6 Å². The predicted octanol–water partition coefficient (Wildman–Crippen LogP) is 3.89. The molecule has 3 rings (SSSR count). The molecule has 0 spiro atoms. The molecule has 1 aromatic heterocycles. The van der Waals surface area contributed by atoms with Crippen LogP contribution in [0.5, 0.6) is 17.2 Å². The first-order valence-electron chi connectivity index (χ1n) is 10.1. The van der Waals surface area contributed by atoms with E-state index in [0.29, 0.717) is 39.1 Å². The Balaban J connectivity index is 2.14. The first-order chi connectivity index (χ1) is 15.7. The van der Waals surface area contributed by atoms with Crippen molar-refractivity contribution in [1.29, 1.82) is 0 Å². The van der Waals surface area contributed by atoms with Crippen LogP contribution in [0.1, 0.15) is 35.5 Å². The van der Waals surface area contributed by atoms with Gasteiger partial charge in [-0.3, -0.25) is 9.78 Å². The Kier molecular flexibility index (Phi) is 7.78. The van der Waals surface area contributed by atoms with Gasteiger partial charge in [-0.1, -0.05) is 12.1 Å². The number of carbonyl (C=O) groups is 1. The number of hydrogen-bond acceptors (Lipinski definition) is 7. The topological polar surface area (TPSA) is 104 Å². The van der Waals surface area contributed by atoms with Crippen molar-refractivity contribution in [3.05, 3.63) is 59.4 Å². The summed E-state index contributed by atoms with van der Waals surface area (Å²) in [7, 11) is -0.665. The largest absolute Gasteiger partial charge is 0.493 e. The number of nitrogens with one attached hydrogen (secondary N) is 1. The molecule has 0 unspecified atom stereocenters. The third kappa shape index (κ3) is 5.73. The zero-order valence-corrected chi connectivity index (χ0v) is 20.3. The van der Waals surface area contributed by atoms with E-state index in [2.05, 4.69) is 9.71 Å². The Bertz CT molecular complexity index is 1280. The van der Waals surface area contributed by atoms with Crippen LogP contribution < -0.4 is 18.9 Å². The summed E-state index contributed by atoms with van der Waals surface area (Å²) in [5.41, 5.74) is 1.15. The van der Waals surface area contributed by atoms with Gasteiger partial charge in [0.1, 0.15) is 16.7 Å². The molecule has 0 aliphatic heterocycles. The SMILES string of the molecule is COc1cc2c(CNS(=O)(=O)CCl)cnc(C(=O)c3cccc(OC(C)C)c3)c2cc1OC. The number of benzene rings is 2. The van der Waals surface area contributed by atoms with Gasteiger partial charge in [0.15, 0.2) is 11.5 Å². The molecule has 1 heterocycles. The number of ether oxygens (including phenoxy) is 3. The summed E-state index contributed by atoms with van der Waals surface area (Å²) in [6.45, 7) is 3.75. The molecule has 0 amide bonds. The van der Waals surface area contributed by atoms with Gasteiger partial charge in [-0.2, -0.15) is 0 Å². The lowest BCUT2D eigenvalue weighted by Gasteiger charge is -2.15. The van der Waals surface area contributed by atoms with Crippen molar-refractivity contribution >= 4 is 38.2 Å². The first kappa shape index (κ1) is 24.8. The summed E-state index contributed by atoms with van der Waals surface area (Å²) in [4.78, 5) is 17.8. The number of ketones is 1. The van der Waals surface area contributed by atoms with Crippen LogP contribution in [-0.4, -0.2) is 44.7 Å². The minimum atomic E-state index is -3.65. The summed E-state index contributed by atoms with van der Waals surface area (Å²) in [5.74, 6) is 1.11. The zero-order chi connectivity index (χ0) is 24.2. The van der Waals surface area contributed by atoms with Crippen LogP contribution in [0.3, 0.4) is 0 Å². The number of methoxy groups -OCH3 is 2. The minimum Gasteiger partial charge on any atom is -0.493 e. The fourth-order valence-corrected chi connectivity index (χ4v) is 3.97. The van der Waals surface area contributed by atoms with Gasteiger partial charge >= 0.3 is 0 Å². The van der Waals surface area contributed by atoms with Crippen molar-refractivity contribution in [3.8, 4) is 17.2 Å². The number of nitrogens with zero attached hydrogens (tertiary/aromatic N) is 1. The van der Waals surface area contributed by atoms with Crippen LogP contribution in [0.2, 0.25) is 0 Å². The van der Waals surface area contributed by atoms with E-state index in [-0.39, 0.29) is 24.1 Å². The molecule has 1 N–H and O–H groups in total. The molecule has 8 nitrogen and oxygen atoms in total. The van der Waals surface area contributed by atoms with Crippen molar-refractivity contribution in [2.24, 2.45) is 0 Å². The first-order valence-corrected chi connectivity index (χ1v) is 12.3. The Morgan fingerprint density at radius 1 is 1.09 bits per heavy atom. The van der Waals surface area contributed by atoms with Crippen LogP contribution in [0.15, 0.2) is 42.6 Å². The second kappa shape index (κ2) is 10.4. The molecule has 10 heteroatoms. The van der Waals surface area contributed by atoms with E-state index in [0.717, 1.165) is 0 Å². The number of pyridine rings is 1. The van der Waals surface area contributed by atoms with Crippen LogP contribution in [0.4, 0.5) is 0 Å². The number of aromatic nitrogens is 1. The minimum absolute atomic E-state index is 0.0397. The van der Waals surface area contributed by atoms with E-state index in [9.17, 15) is 13.2 Å². The lowest BCUT2D eigenvalue weighted by atomic mass is 9.99. The molecule has 33 heavy (non-hydrogen) atoms. The Morgan fingerprint density at radius 2 is 1.76 bits per heavy atom. The van der Waals surface area contributed by atoms with Crippen molar-refractivity contribution < 1.29 is 27.4 Å². The molecular formula is C23H25ClN2O6S. The van der Waals surface area contributed by atoms with Gasteiger partial charge in [0.05, 0.1) is 20.3 Å². The molecule has 0 bridgehead atoms. The molecule has 176 valence electrons. The molecule has 3 aromatic rings. The quantitative estimate of drug-likeness (QED) is 0.338. The van der Waals surface area contributed by atoms with Crippen LogP contribution >= 0.6 is 11.6 Å². The van der Waals surface area contributed by atoms with E-state index in [1.165, 1.54) is 20.4 Å². The molecule has 0 atom stereocenters. The number of halogens is 1. The predicted molar refractivity (Wildman–Crippen MR) is 127 cm³/mol. The maximum Gasteiger partial charge on any atom is 0.225 e. The van der Waals surface area contributed by atoms with Crippen molar-refractivity contribution in [1.82, 2.24) is 9.71 Å². The highest BCUT2D eigenvalue weighted by Gasteiger charge is 2.20. The van der Waals surface area contributed by atoms with Gasteiger partial charge in [0, 0.05) is 23.7 Å². The summed E-state index contributed by atoms with van der Waals surface area (Å²) >= 11 is 5.49. The fraction of sp³-hybridized carbons (Fsp3) is 0.304. The number of fused-ring (bicyclic) bond motifs is 1. The molecule has 0 radical (unpaired) electrons. The lowest BCUT2D eigenvalue weighted by Crippen LogP contribution is -2.24. The van der Waals surface area contributed by atoms with Gasteiger partial charge in [0.2, 0.25) is 15.8 Å². The van der Waals surface area contributed by atoms with E-state index < -0.39 is 15.2 Å². The maximum absolute atomic E-state index is 13.4. The van der Waals surface area contributed by atoms with E-state index in [4.69, 9.17) is 25.8 Å². The fourth-order valence-electron chi connectivity index (χ4n) is 3.29. The second-order valence-corrected chi connectivity index (χ2v) is 9.84. The molecule has 0 aliphatic carbocycles. The Hall–Kier alpha value is -2.88. The van der Waals surface area contributed by atoms with E-state index >= 15 is 0 Å². The second-order valence-electron chi connectivity index (χ2n) is 7.45. The normalized spacial score (nSPS) is 11.6. The van der Waals surface area contributed by atoms with Crippen molar-refractivity contribution in [2.45, 2.75) is 26.5 Å². The molecule has 2 aromatic carbocycles. The van der Waals surface area contributed by atoms with Crippen LogP contribution in [0.25, 0.3) is 10.8 Å². The van der Waals surface area contributed by atoms with Gasteiger partial charge in [0.25, 0.3) is 0 Å². The number of rotatable bonds is 10. The summed E-state index contributed by atoms with van der Waals surface area (Å²) in [6.07, 6.45) is 1.43. The summed E-state index contributed by atoms with van der Waals surface area (Å²) in [6, 6.07) is 10.2. The Labute approximate surface area is 197 Å². The van der Waals surface area contributed by atoms with E-state index in [1.54, 1.807) is 36.4 Å². The van der Waals surface area contributed by atoms with Gasteiger partial charge in [-0.25, -0.2) is 13.1 Å². The molecular weight excluding hydrogens is 468 g/mol. The third-order valence-electron chi connectivity index (χ3n) is 4.78. The summed E-state index contributed by atoms with van der Waals surface area (Å²) < 4.78 is 42.6. The smallest absolute Gasteiger partial charge is 0.225 e. The van der Waals surface area contributed by atoms with Gasteiger partial charge < -0.3 is 14.2 Å². The molecule has 0 aliphatic rings. The summed E-state index contributed by atoms with van der Waals surface area (Å²) in [5, 5.41) is 0.522. The van der Waals surface area contributed by atoms with Crippen molar-refractivity contribution in [2.75, 3.05) is 19.4 Å².